The molecule has 2 amide bonds. The lowest BCUT2D eigenvalue weighted by Gasteiger charge is -2.42. The summed E-state index contributed by atoms with van der Waals surface area (Å²) in [5.41, 5.74) is 0.955. The predicted octanol–water partition coefficient (Wildman–Crippen LogP) is 2.32. The Morgan fingerprint density at radius 2 is 1.73 bits per heavy atom. The van der Waals surface area contributed by atoms with Gasteiger partial charge in [0.05, 0.1) is 6.61 Å². The molecule has 120 valence electrons. The van der Waals surface area contributed by atoms with Crippen LogP contribution in [0.1, 0.15) is 37.7 Å². The van der Waals surface area contributed by atoms with Crippen LogP contribution in [0.2, 0.25) is 0 Å². The molecule has 0 unspecified atom stereocenters. The van der Waals surface area contributed by atoms with E-state index in [2.05, 4.69) is 10.6 Å². The van der Waals surface area contributed by atoms with Gasteiger partial charge in [0.1, 0.15) is 5.82 Å². The van der Waals surface area contributed by atoms with Gasteiger partial charge in [-0.1, -0.05) is 18.6 Å². The van der Waals surface area contributed by atoms with Crippen molar-refractivity contribution in [3.8, 4) is 0 Å². The zero-order valence-electron chi connectivity index (χ0n) is 12.7. The van der Waals surface area contributed by atoms with Crippen LogP contribution in [0.5, 0.6) is 0 Å². The molecule has 1 aromatic rings. The maximum atomic E-state index is 13.1. The van der Waals surface area contributed by atoms with Crippen LogP contribution in [0.4, 0.5) is 9.18 Å². The fourth-order valence-corrected chi connectivity index (χ4v) is 3.12. The Labute approximate surface area is 130 Å². The Kier molecular flexibility index (Phi) is 4.08. The molecule has 0 atom stereocenters. The van der Waals surface area contributed by atoms with Crippen molar-refractivity contribution in [3.63, 3.8) is 0 Å². The van der Waals surface area contributed by atoms with Crippen LogP contribution in [0.25, 0.3) is 0 Å². The van der Waals surface area contributed by atoms with Crippen molar-refractivity contribution >= 4 is 6.03 Å². The molecule has 2 aliphatic rings. The van der Waals surface area contributed by atoms with E-state index in [1.54, 1.807) is 0 Å². The molecular weight excluding hydrogens is 283 g/mol. The molecule has 3 N–H and O–H groups in total. The Morgan fingerprint density at radius 3 is 2.23 bits per heavy atom. The Balaban J connectivity index is 1.52. The van der Waals surface area contributed by atoms with Crippen molar-refractivity contribution in [3.05, 3.63) is 35.6 Å². The SMILES string of the molecule is O=C(NCC1(CO)CC1)NCC1(c2ccc(F)cc2)CCC1. The molecule has 4 nitrogen and oxygen atoms in total. The largest absolute Gasteiger partial charge is 0.396 e. The Hall–Kier alpha value is -1.62. The lowest BCUT2D eigenvalue weighted by Crippen LogP contribution is -2.49. The minimum Gasteiger partial charge on any atom is -0.396 e. The smallest absolute Gasteiger partial charge is 0.314 e. The van der Waals surface area contributed by atoms with Crippen molar-refractivity contribution in [1.29, 1.82) is 0 Å². The number of hydrogen-bond donors (Lipinski definition) is 3. The summed E-state index contributed by atoms with van der Waals surface area (Å²) in [5, 5.41) is 15.0. The highest BCUT2D eigenvalue weighted by Crippen LogP contribution is 2.44. The lowest BCUT2D eigenvalue weighted by atomic mass is 9.64. The number of aliphatic hydroxyl groups excluding tert-OH is 1. The highest BCUT2D eigenvalue weighted by atomic mass is 19.1. The summed E-state index contributed by atoms with van der Waals surface area (Å²) in [6.07, 6.45) is 5.11. The molecule has 0 aliphatic heterocycles. The number of nitrogens with one attached hydrogen (secondary N) is 2. The summed E-state index contributed by atoms with van der Waals surface area (Å²) in [5.74, 6) is -0.234. The van der Waals surface area contributed by atoms with Crippen LogP contribution in [0.3, 0.4) is 0 Å². The van der Waals surface area contributed by atoms with Gasteiger partial charge in [0.15, 0.2) is 0 Å². The third-order valence-electron chi connectivity index (χ3n) is 5.27. The fourth-order valence-electron chi connectivity index (χ4n) is 3.12. The molecule has 0 spiro atoms. The number of carbonyl (C=O) groups is 1. The van der Waals surface area contributed by atoms with Gasteiger partial charge in [-0.05, 0) is 43.4 Å². The molecule has 5 heteroatoms. The highest BCUT2D eigenvalue weighted by Gasteiger charge is 2.42. The van der Waals surface area contributed by atoms with E-state index in [1.165, 1.54) is 12.1 Å². The first-order valence-electron chi connectivity index (χ1n) is 7.96. The van der Waals surface area contributed by atoms with Gasteiger partial charge in [-0.2, -0.15) is 0 Å². The van der Waals surface area contributed by atoms with Crippen molar-refractivity contribution < 1.29 is 14.3 Å². The molecule has 2 saturated carbocycles. The first kappa shape index (κ1) is 15.3. The second-order valence-corrected chi connectivity index (χ2v) is 6.84. The van der Waals surface area contributed by atoms with Crippen molar-refractivity contribution in [2.45, 2.75) is 37.5 Å². The van der Waals surface area contributed by atoms with Gasteiger partial charge >= 0.3 is 6.03 Å². The van der Waals surface area contributed by atoms with Gasteiger partial charge in [-0.15, -0.1) is 0 Å². The maximum absolute atomic E-state index is 13.1. The van der Waals surface area contributed by atoms with Gasteiger partial charge in [-0.3, -0.25) is 0 Å². The summed E-state index contributed by atoms with van der Waals surface area (Å²) in [6.45, 7) is 1.22. The minimum absolute atomic E-state index is 0.0563. The van der Waals surface area contributed by atoms with Gasteiger partial charge in [0.2, 0.25) is 0 Å². The topological polar surface area (TPSA) is 61.4 Å². The third-order valence-corrected chi connectivity index (χ3v) is 5.27. The van der Waals surface area contributed by atoms with Gasteiger partial charge in [0.25, 0.3) is 0 Å². The summed E-state index contributed by atoms with van der Waals surface area (Å²) < 4.78 is 13.1. The number of hydrogen-bond acceptors (Lipinski definition) is 2. The molecule has 0 heterocycles. The number of aliphatic hydroxyl groups is 1. The van der Waals surface area contributed by atoms with E-state index >= 15 is 0 Å². The zero-order valence-corrected chi connectivity index (χ0v) is 12.7. The number of halogens is 1. The summed E-state index contributed by atoms with van der Waals surface area (Å²) in [4.78, 5) is 11.9. The molecule has 1 aromatic carbocycles. The maximum Gasteiger partial charge on any atom is 0.314 e. The number of rotatable bonds is 6. The quantitative estimate of drug-likeness (QED) is 0.755. The Morgan fingerprint density at radius 1 is 1.09 bits per heavy atom. The number of carbonyl (C=O) groups excluding carboxylic acids is 1. The molecule has 0 aromatic heterocycles. The Bertz CT molecular complexity index is 536. The van der Waals surface area contributed by atoms with Crippen LogP contribution < -0.4 is 10.6 Å². The molecule has 3 rings (SSSR count). The number of benzene rings is 1. The molecule has 2 aliphatic carbocycles. The molecule has 0 bridgehead atoms. The standard InChI is InChI=1S/C17H23FN2O2/c18-14-4-2-13(3-5-14)17(6-1-7-17)11-20-15(22)19-10-16(12-21)8-9-16/h2-5,21H,1,6-12H2,(H2,19,20,22). The summed E-state index contributed by atoms with van der Waals surface area (Å²) in [6, 6.07) is 6.41. The van der Waals surface area contributed by atoms with Crippen LogP contribution in [0, 0.1) is 11.2 Å². The highest BCUT2D eigenvalue weighted by molar-refractivity contribution is 5.74. The monoisotopic (exact) mass is 306 g/mol. The fraction of sp³-hybridized carbons (Fsp3) is 0.588. The second kappa shape index (κ2) is 5.88. The predicted molar refractivity (Wildman–Crippen MR) is 82.1 cm³/mol. The van der Waals surface area contributed by atoms with Crippen LogP contribution in [-0.4, -0.2) is 30.8 Å². The molecule has 2 fully saturated rings. The van der Waals surface area contributed by atoms with E-state index in [0.29, 0.717) is 13.1 Å². The van der Waals surface area contributed by atoms with Crippen molar-refractivity contribution in [2.24, 2.45) is 5.41 Å². The van der Waals surface area contributed by atoms with E-state index < -0.39 is 0 Å². The average molecular weight is 306 g/mol. The lowest BCUT2D eigenvalue weighted by molar-refractivity contribution is 0.197. The van der Waals surface area contributed by atoms with E-state index in [0.717, 1.165) is 37.7 Å². The summed E-state index contributed by atoms with van der Waals surface area (Å²) >= 11 is 0. The van der Waals surface area contributed by atoms with E-state index in [-0.39, 0.29) is 29.3 Å². The van der Waals surface area contributed by atoms with Crippen LogP contribution >= 0.6 is 0 Å². The van der Waals surface area contributed by atoms with Crippen LogP contribution in [0.15, 0.2) is 24.3 Å². The van der Waals surface area contributed by atoms with Crippen molar-refractivity contribution in [1.82, 2.24) is 10.6 Å². The molecule has 22 heavy (non-hydrogen) atoms. The van der Waals surface area contributed by atoms with Gasteiger partial charge in [-0.25, -0.2) is 9.18 Å². The number of urea groups is 1. The van der Waals surface area contributed by atoms with Gasteiger partial charge < -0.3 is 15.7 Å². The third kappa shape index (κ3) is 3.09. The average Bonchev–Trinajstić information content (AvgIpc) is 3.26. The normalized spacial score (nSPS) is 20.8. The molecule has 0 saturated heterocycles. The summed E-state index contributed by atoms with van der Waals surface area (Å²) in [7, 11) is 0. The number of amides is 2. The zero-order chi connectivity index (χ0) is 15.6. The minimum atomic E-state index is -0.234. The first-order chi connectivity index (χ1) is 10.6. The van der Waals surface area contributed by atoms with Crippen molar-refractivity contribution in [2.75, 3.05) is 19.7 Å². The molecular formula is C17H23FN2O2. The first-order valence-corrected chi connectivity index (χ1v) is 7.96. The van der Waals surface area contributed by atoms with E-state index in [9.17, 15) is 14.3 Å². The van der Waals surface area contributed by atoms with Crippen LogP contribution in [-0.2, 0) is 5.41 Å². The van der Waals surface area contributed by atoms with Gasteiger partial charge in [0, 0.05) is 23.9 Å². The van der Waals surface area contributed by atoms with E-state index in [1.807, 2.05) is 12.1 Å². The second-order valence-electron chi connectivity index (χ2n) is 6.84. The van der Waals surface area contributed by atoms with E-state index in [4.69, 9.17) is 0 Å². The molecule has 0 radical (unpaired) electrons.